The molecule has 0 atom stereocenters. The molecule has 0 radical (unpaired) electrons. The van der Waals surface area contributed by atoms with Crippen molar-refractivity contribution in [2.45, 2.75) is 6.92 Å². The van der Waals surface area contributed by atoms with Crippen LogP contribution >= 0.6 is 0 Å². The van der Waals surface area contributed by atoms with Gasteiger partial charge in [-0.15, -0.1) is 10.2 Å². The zero-order valence-corrected chi connectivity index (χ0v) is 8.06. The molecule has 74 valence electrons. The lowest BCUT2D eigenvalue weighted by atomic mass is 10.1. The first kappa shape index (κ1) is 8.16. The van der Waals surface area contributed by atoms with Crippen LogP contribution in [-0.2, 0) is 0 Å². The molecule has 0 saturated heterocycles. The predicted molar refractivity (Wildman–Crippen MR) is 54.1 cm³/mol. The second kappa shape index (κ2) is 2.91. The molecule has 0 amide bonds. The summed E-state index contributed by atoms with van der Waals surface area (Å²) in [6, 6.07) is 5.89. The third kappa shape index (κ3) is 1.20. The van der Waals surface area contributed by atoms with Gasteiger partial charge < -0.3 is 4.42 Å². The van der Waals surface area contributed by atoms with Crippen molar-refractivity contribution < 1.29 is 4.42 Å². The number of nitrogens with one attached hydrogen (secondary N) is 1. The number of aromatic amines is 1. The van der Waals surface area contributed by atoms with Gasteiger partial charge in [0.2, 0.25) is 5.82 Å². The maximum Gasteiger partial charge on any atom is 0.204 e. The average Bonchev–Trinajstić information content (AvgIpc) is 2.88. The Balaban J connectivity index is 2.29. The van der Waals surface area contributed by atoms with Gasteiger partial charge in [0, 0.05) is 10.9 Å². The summed E-state index contributed by atoms with van der Waals surface area (Å²) >= 11 is 0. The largest absolute Gasteiger partial charge is 0.464 e. The van der Waals surface area contributed by atoms with Crippen molar-refractivity contribution in [1.82, 2.24) is 20.6 Å². The van der Waals surface area contributed by atoms with Crippen LogP contribution in [0.1, 0.15) is 5.56 Å². The number of aromatic nitrogens is 4. The van der Waals surface area contributed by atoms with E-state index in [4.69, 9.17) is 4.42 Å². The molecule has 0 aliphatic rings. The highest BCUT2D eigenvalue weighted by Crippen LogP contribution is 2.25. The Bertz CT molecular complexity index is 597. The molecule has 0 unspecified atom stereocenters. The topological polar surface area (TPSA) is 67.6 Å². The van der Waals surface area contributed by atoms with Gasteiger partial charge in [-0.1, -0.05) is 0 Å². The maximum atomic E-state index is 5.36. The van der Waals surface area contributed by atoms with Gasteiger partial charge in [0.05, 0.1) is 6.26 Å². The fourth-order valence-corrected chi connectivity index (χ4v) is 1.67. The predicted octanol–water partition coefficient (Wildman–Crippen LogP) is 1.92. The van der Waals surface area contributed by atoms with Gasteiger partial charge in [-0.3, -0.25) is 0 Å². The SMILES string of the molecule is Cc1cc(-c2nn[nH]n2)cc2ccoc12. The molecular weight excluding hydrogens is 192 g/mol. The van der Waals surface area contributed by atoms with Crippen LogP contribution < -0.4 is 0 Å². The number of aryl methyl sites for hydroxylation is 1. The molecule has 0 fully saturated rings. The third-order valence-electron chi connectivity index (χ3n) is 2.34. The van der Waals surface area contributed by atoms with Crippen molar-refractivity contribution >= 4 is 11.0 Å². The summed E-state index contributed by atoms with van der Waals surface area (Å²) < 4.78 is 5.36. The Hall–Kier alpha value is -2.17. The van der Waals surface area contributed by atoms with Gasteiger partial charge in [-0.25, -0.2) is 0 Å². The summed E-state index contributed by atoms with van der Waals surface area (Å²) in [5, 5.41) is 14.9. The quantitative estimate of drug-likeness (QED) is 0.651. The first-order chi connectivity index (χ1) is 7.34. The number of furan rings is 1. The van der Waals surface area contributed by atoms with Crippen LogP contribution in [0.3, 0.4) is 0 Å². The van der Waals surface area contributed by atoms with E-state index in [0.29, 0.717) is 5.82 Å². The molecular formula is C10H8N4O. The first-order valence-corrected chi connectivity index (χ1v) is 4.56. The molecule has 2 heterocycles. The zero-order valence-electron chi connectivity index (χ0n) is 8.06. The molecule has 0 saturated carbocycles. The lowest BCUT2D eigenvalue weighted by Gasteiger charge is -1.98. The van der Waals surface area contributed by atoms with Gasteiger partial charge >= 0.3 is 0 Å². The minimum absolute atomic E-state index is 0.598. The lowest BCUT2D eigenvalue weighted by Crippen LogP contribution is -1.83. The second-order valence-corrected chi connectivity index (χ2v) is 3.37. The number of tetrazole rings is 1. The van der Waals surface area contributed by atoms with Crippen LogP contribution in [0.25, 0.3) is 22.4 Å². The fraction of sp³-hybridized carbons (Fsp3) is 0.100. The Morgan fingerprint density at radius 1 is 1.33 bits per heavy atom. The minimum atomic E-state index is 0.598. The lowest BCUT2D eigenvalue weighted by molar-refractivity contribution is 0.613. The molecule has 3 aromatic rings. The van der Waals surface area contributed by atoms with Crippen LogP contribution in [0.4, 0.5) is 0 Å². The Morgan fingerprint density at radius 2 is 2.27 bits per heavy atom. The highest BCUT2D eigenvalue weighted by molar-refractivity contribution is 5.84. The number of nitrogens with zero attached hydrogens (tertiary/aromatic N) is 3. The van der Waals surface area contributed by atoms with Gasteiger partial charge in [0.1, 0.15) is 5.58 Å². The average molecular weight is 200 g/mol. The molecule has 0 spiro atoms. The van der Waals surface area contributed by atoms with Crippen molar-refractivity contribution in [1.29, 1.82) is 0 Å². The fourth-order valence-electron chi connectivity index (χ4n) is 1.67. The van der Waals surface area contributed by atoms with E-state index < -0.39 is 0 Å². The van der Waals surface area contributed by atoms with E-state index in [2.05, 4.69) is 20.6 Å². The van der Waals surface area contributed by atoms with E-state index in [-0.39, 0.29) is 0 Å². The molecule has 5 nitrogen and oxygen atoms in total. The molecule has 0 aliphatic carbocycles. The number of benzene rings is 1. The number of hydrogen-bond acceptors (Lipinski definition) is 4. The summed E-state index contributed by atoms with van der Waals surface area (Å²) in [7, 11) is 0. The molecule has 3 rings (SSSR count). The van der Waals surface area contributed by atoms with Crippen molar-refractivity contribution in [3.05, 3.63) is 30.0 Å². The van der Waals surface area contributed by atoms with E-state index in [1.807, 2.05) is 25.1 Å². The van der Waals surface area contributed by atoms with E-state index in [1.54, 1.807) is 6.26 Å². The Morgan fingerprint density at radius 3 is 3.07 bits per heavy atom. The molecule has 1 aromatic carbocycles. The van der Waals surface area contributed by atoms with Crippen LogP contribution in [0.15, 0.2) is 28.9 Å². The first-order valence-electron chi connectivity index (χ1n) is 4.56. The van der Waals surface area contributed by atoms with Gasteiger partial charge in [0.25, 0.3) is 0 Å². The maximum absolute atomic E-state index is 5.36. The number of hydrogen-bond donors (Lipinski definition) is 1. The summed E-state index contributed by atoms with van der Waals surface area (Å²) in [5.41, 5.74) is 2.91. The van der Waals surface area contributed by atoms with Crippen molar-refractivity contribution in [2.75, 3.05) is 0 Å². The van der Waals surface area contributed by atoms with Crippen LogP contribution in [0, 0.1) is 6.92 Å². The van der Waals surface area contributed by atoms with Crippen LogP contribution in [-0.4, -0.2) is 20.6 Å². The molecule has 15 heavy (non-hydrogen) atoms. The van der Waals surface area contributed by atoms with Gasteiger partial charge in [-0.2, -0.15) is 5.21 Å². The molecule has 0 aliphatic heterocycles. The summed E-state index contributed by atoms with van der Waals surface area (Å²) in [5.74, 6) is 0.598. The second-order valence-electron chi connectivity index (χ2n) is 3.37. The summed E-state index contributed by atoms with van der Waals surface area (Å²) in [6.45, 7) is 2.00. The minimum Gasteiger partial charge on any atom is -0.464 e. The highest BCUT2D eigenvalue weighted by atomic mass is 16.3. The van der Waals surface area contributed by atoms with E-state index >= 15 is 0 Å². The summed E-state index contributed by atoms with van der Waals surface area (Å²) in [4.78, 5) is 0. The normalized spacial score (nSPS) is 11.0. The van der Waals surface area contributed by atoms with Crippen molar-refractivity contribution in [2.24, 2.45) is 0 Å². The Kier molecular flexibility index (Phi) is 1.58. The molecule has 5 heteroatoms. The highest BCUT2D eigenvalue weighted by Gasteiger charge is 2.07. The number of rotatable bonds is 1. The zero-order chi connectivity index (χ0) is 10.3. The van der Waals surface area contributed by atoms with Crippen LogP contribution in [0.2, 0.25) is 0 Å². The van der Waals surface area contributed by atoms with E-state index in [9.17, 15) is 0 Å². The van der Waals surface area contributed by atoms with Crippen molar-refractivity contribution in [3.63, 3.8) is 0 Å². The molecule has 0 bridgehead atoms. The number of H-pyrrole nitrogens is 1. The third-order valence-corrected chi connectivity index (χ3v) is 2.34. The van der Waals surface area contributed by atoms with Gasteiger partial charge in [0.15, 0.2) is 0 Å². The monoisotopic (exact) mass is 200 g/mol. The number of fused-ring (bicyclic) bond motifs is 1. The van der Waals surface area contributed by atoms with E-state index in [1.165, 1.54) is 0 Å². The van der Waals surface area contributed by atoms with Gasteiger partial charge in [-0.05, 0) is 35.9 Å². The van der Waals surface area contributed by atoms with Crippen LogP contribution in [0.5, 0.6) is 0 Å². The van der Waals surface area contributed by atoms with Crippen molar-refractivity contribution in [3.8, 4) is 11.4 Å². The Labute approximate surface area is 85.1 Å². The van der Waals surface area contributed by atoms with E-state index in [0.717, 1.165) is 22.1 Å². The molecule has 1 N–H and O–H groups in total. The summed E-state index contributed by atoms with van der Waals surface area (Å²) in [6.07, 6.45) is 1.68. The molecule has 2 aromatic heterocycles. The smallest absolute Gasteiger partial charge is 0.204 e. The standard InChI is InChI=1S/C10H8N4O/c1-6-4-8(10-11-13-14-12-10)5-7-2-3-15-9(6)7/h2-5H,1H3,(H,11,12,13,14).